The summed E-state index contributed by atoms with van der Waals surface area (Å²) in [7, 11) is 6.16. The van der Waals surface area contributed by atoms with Crippen LogP contribution in [0.5, 0.6) is 0 Å². The summed E-state index contributed by atoms with van der Waals surface area (Å²) in [5, 5.41) is 6.31. The number of fused-ring (bicyclic) bond motifs is 1. The monoisotopic (exact) mass is 163 g/mol. The normalized spacial score (nSPS) is 16.9. The summed E-state index contributed by atoms with van der Waals surface area (Å²) in [6, 6.07) is 8.36. The Morgan fingerprint density at radius 1 is 0.833 bits per heavy atom. The van der Waals surface area contributed by atoms with E-state index in [1.807, 2.05) is 7.05 Å². The van der Waals surface area contributed by atoms with Gasteiger partial charge in [0.05, 0.1) is 11.4 Å². The minimum atomic E-state index is 1.25. The number of anilines is 2. The molecule has 0 saturated carbocycles. The van der Waals surface area contributed by atoms with Crippen LogP contribution in [0.4, 0.5) is 11.4 Å². The molecule has 1 heterocycles. The molecule has 1 aliphatic rings. The summed E-state index contributed by atoms with van der Waals surface area (Å²) in [6.07, 6.45) is 0. The molecule has 1 aromatic rings. The van der Waals surface area contributed by atoms with Crippen molar-refractivity contribution in [3.8, 4) is 0 Å². The van der Waals surface area contributed by atoms with E-state index < -0.39 is 0 Å². The first-order valence-electron chi connectivity index (χ1n) is 4.02. The first-order valence-corrected chi connectivity index (χ1v) is 4.02. The van der Waals surface area contributed by atoms with Gasteiger partial charge in [0.15, 0.2) is 0 Å². The molecule has 1 aliphatic heterocycles. The Hall–Kier alpha value is -1.22. The molecule has 0 fully saturated rings. The highest BCUT2D eigenvalue weighted by atomic mass is 15.9. The quantitative estimate of drug-likeness (QED) is 0.571. The largest absolute Gasteiger partial charge is 0.289 e. The highest BCUT2D eigenvalue weighted by molar-refractivity contribution is 5.73. The summed E-state index contributed by atoms with van der Waals surface area (Å²) in [6.45, 7) is 0. The van der Waals surface area contributed by atoms with E-state index in [1.165, 1.54) is 11.4 Å². The van der Waals surface area contributed by atoms with Gasteiger partial charge >= 0.3 is 0 Å². The second kappa shape index (κ2) is 2.38. The minimum Gasteiger partial charge on any atom is -0.289 e. The van der Waals surface area contributed by atoms with E-state index in [1.54, 1.807) is 0 Å². The smallest absolute Gasteiger partial charge is 0.0784 e. The molecule has 64 valence electrons. The van der Waals surface area contributed by atoms with Crippen molar-refractivity contribution in [1.29, 1.82) is 0 Å². The van der Waals surface area contributed by atoms with Gasteiger partial charge in [-0.2, -0.15) is 0 Å². The first-order chi connectivity index (χ1) is 5.72. The molecule has 2 rings (SSSR count). The number of hydrogen-bond acceptors (Lipinski definition) is 3. The molecular weight excluding hydrogens is 150 g/mol. The third-order valence-corrected chi connectivity index (χ3v) is 2.45. The lowest BCUT2D eigenvalue weighted by Crippen LogP contribution is -2.41. The topological polar surface area (TPSA) is 9.72 Å². The average Bonchev–Trinajstić information content (AvgIpc) is 2.33. The standard InChI is InChI=1S/C9H13N3/c1-10-8-6-4-5-7-9(8)11(2)12(10)3/h4-7H,1-3H3. The molecule has 0 aliphatic carbocycles. The third kappa shape index (κ3) is 0.800. The molecule has 0 amide bonds. The molecule has 3 heteroatoms. The first kappa shape index (κ1) is 7.43. The van der Waals surface area contributed by atoms with Crippen LogP contribution in [0.15, 0.2) is 24.3 Å². The van der Waals surface area contributed by atoms with Gasteiger partial charge in [-0.25, -0.2) is 0 Å². The summed E-state index contributed by atoms with van der Waals surface area (Å²) in [5.74, 6) is 0. The van der Waals surface area contributed by atoms with E-state index >= 15 is 0 Å². The minimum absolute atomic E-state index is 1.25. The highest BCUT2D eigenvalue weighted by Gasteiger charge is 2.24. The van der Waals surface area contributed by atoms with Crippen molar-refractivity contribution in [1.82, 2.24) is 5.12 Å². The Bertz CT molecular complexity index is 269. The zero-order valence-corrected chi connectivity index (χ0v) is 7.65. The van der Waals surface area contributed by atoms with E-state index in [0.29, 0.717) is 0 Å². The van der Waals surface area contributed by atoms with Crippen molar-refractivity contribution in [3.63, 3.8) is 0 Å². The van der Waals surface area contributed by atoms with Gasteiger partial charge in [-0.1, -0.05) is 12.1 Å². The lowest BCUT2D eigenvalue weighted by Gasteiger charge is -2.26. The molecule has 0 spiro atoms. The Labute approximate surface area is 72.7 Å². The summed E-state index contributed by atoms with van der Waals surface area (Å²) >= 11 is 0. The van der Waals surface area contributed by atoms with Crippen molar-refractivity contribution < 1.29 is 0 Å². The molecule has 3 nitrogen and oxygen atoms in total. The van der Waals surface area contributed by atoms with Gasteiger partial charge in [0, 0.05) is 21.1 Å². The predicted molar refractivity (Wildman–Crippen MR) is 51.0 cm³/mol. The van der Waals surface area contributed by atoms with Gasteiger partial charge in [-0.15, -0.1) is 5.12 Å². The molecule has 0 radical (unpaired) electrons. The maximum Gasteiger partial charge on any atom is 0.0784 e. The molecule has 0 aromatic heterocycles. The van der Waals surface area contributed by atoms with Crippen LogP contribution < -0.4 is 10.0 Å². The third-order valence-electron chi connectivity index (χ3n) is 2.45. The van der Waals surface area contributed by atoms with Gasteiger partial charge in [-0.05, 0) is 12.1 Å². The van der Waals surface area contributed by atoms with Crippen molar-refractivity contribution in [3.05, 3.63) is 24.3 Å². The maximum atomic E-state index is 2.12. The lowest BCUT2D eigenvalue weighted by molar-refractivity contribution is 0.337. The fourth-order valence-corrected chi connectivity index (χ4v) is 1.52. The lowest BCUT2D eigenvalue weighted by atomic mass is 10.3. The number of benzene rings is 1. The van der Waals surface area contributed by atoms with Gasteiger partial charge < -0.3 is 0 Å². The summed E-state index contributed by atoms with van der Waals surface area (Å²) in [4.78, 5) is 0. The van der Waals surface area contributed by atoms with Crippen LogP contribution in [0.25, 0.3) is 0 Å². The maximum absolute atomic E-state index is 2.12. The molecule has 0 atom stereocenters. The molecule has 0 unspecified atom stereocenters. The van der Waals surface area contributed by atoms with Crippen LogP contribution in [0.1, 0.15) is 0 Å². The fourth-order valence-electron chi connectivity index (χ4n) is 1.52. The Kier molecular flexibility index (Phi) is 1.48. The molecular formula is C9H13N3. The van der Waals surface area contributed by atoms with Crippen molar-refractivity contribution in [2.75, 3.05) is 31.2 Å². The molecule has 12 heavy (non-hydrogen) atoms. The molecule has 0 bridgehead atoms. The number of rotatable bonds is 0. The number of hydrazine groups is 2. The molecule has 1 aromatic carbocycles. The van der Waals surface area contributed by atoms with Gasteiger partial charge in [-0.3, -0.25) is 10.0 Å². The Balaban J connectivity index is 2.52. The van der Waals surface area contributed by atoms with E-state index in [0.717, 1.165) is 0 Å². The van der Waals surface area contributed by atoms with Crippen LogP contribution in [-0.2, 0) is 0 Å². The molecule has 0 saturated heterocycles. The van der Waals surface area contributed by atoms with Crippen LogP contribution in [0.2, 0.25) is 0 Å². The zero-order chi connectivity index (χ0) is 8.72. The summed E-state index contributed by atoms with van der Waals surface area (Å²) in [5.41, 5.74) is 2.50. The average molecular weight is 163 g/mol. The number of hydrogen-bond donors (Lipinski definition) is 0. The second-order valence-electron chi connectivity index (χ2n) is 3.03. The highest BCUT2D eigenvalue weighted by Crippen LogP contribution is 2.34. The van der Waals surface area contributed by atoms with Gasteiger partial charge in [0.25, 0.3) is 0 Å². The molecule has 0 N–H and O–H groups in total. The predicted octanol–water partition coefficient (Wildman–Crippen LogP) is 1.33. The second-order valence-corrected chi connectivity index (χ2v) is 3.03. The van der Waals surface area contributed by atoms with E-state index in [4.69, 9.17) is 0 Å². The van der Waals surface area contributed by atoms with Crippen molar-refractivity contribution in [2.45, 2.75) is 0 Å². The zero-order valence-electron chi connectivity index (χ0n) is 7.65. The van der Waals surface area contributed by atoms with Crippen LogP contribution >= 0.6 is 0 Å². The number of para-hydroxylation sites is 2. The number of nitrogens with zero attached hydrogens (tertiary/aromatic N) is 3. The van der Waals surface area contributed by atoms with Crippen LogP contribution in [0.3, 0.4) is 0 Å². The van der Waals surface area contributed by atoms with Gasteiger partial charge in [0.2, 0.25) is 0 Å². The Morgan fingerprint density at radius 2 is 1.25 bits per heavy atom. The van der Waals surface area contributed by atoms with Gasteiger partial charge in [0.1, 0.15) is 0 Å². The van der Waals surface area contributed by atoms with E-state index in [2.05, 4.69) is 53.5 Å². The van der Waals surface area contributed by atoms with E-state index in [9.17, 15) is 0 Å². The Morgan fingerprint density at radius 3 is 1.67 bits per heavy atom. The van der Waals surface area contributed by atoms with Crippen LogP contribution in [-0.4, -0.2) is 26.3 Å². The SMILES string of the molecule is CN1c2ccccc2N(C)N1C. The van der Waals surface area contributed by atoms with E-state index in [-0.39, 0.29) is 0 Å². The van der Waals surface area contributed by atoms with Crippen molar-refractivity contribution >= 4 is 11.4 Å². The summed E-state index contributed by atoms with van der Waals surface area (Å²) < 4.78 is 0. The van der Waals surface area contributed by atoms with Crippen LogP contribution in [0, 0.1) is 0 Å². The van der Waals surface area contributed by atoms with Crippen molar-refractivity contribution in [2.24, 2.45) is 0 Å². The fraction of sp³-hybridized carbons (Fsp3) is 0.333.